The summed E-state index contributed by atoms with van der Waals surface area (Å²) in [5.41, 5.74) is 8.17. The van der Waals surface area contributed by atoms with Crippen molar-refractivity contribution in [3.05, 3.63) is 29.6 Å². The van der Waals surface area contributed by atoms with Crippen molar-refractivity contribution in [3.63, 3.8) is 0 Å². The first kappa shape index (κ1) is 12.5. The van der Waals surface area contributed by atoms with Gasteiger partial charge in [0.1, 0.15) is 0 Å². The Bertz CT molecular complexity index is 334. The van der Waals surface area contributed by atoms with Crippen LogP contribution in [0.15, 0.2) is 18.3 Å². The maximum absolute atomic E-state index is 5.83. The number of aryl methyl sites for hydroxylation is 1. The van der Waals surface area contributed by atoms with Crippen LogP contribution in [-0.4, -0.2) is 17.6 Å². The van der Waals surface area contributed by atoms with Gasteiger partial charge in [-0.1, -0.05) is 18.9 Å². The van der Waals surface area contributed by atoms with Crippen molar-refractivity contribution < 1.29 is 0 Å². The molecule has 17 heavy (non-hydrogen) atoms. The van der Waals surface area contributed by atoms with Crippen molar-refractivity contribution in [2.75, 3.05) is 6.54 Å². The highest BCUT2D eigenvalue weighted by Crippen LogP contribution is 2.23. The quantitative estimate of drug-likeness (QED) is 0.836. The van der Waals surface area contributed by atoms with Gasteiger partial charge in [-0.25, -0.2) is 0 Å². The molecule has 1 fully saturated rings. The topological polar surface area (TPSA) is 50.9 Å². The van der Waals surface area contributed by atoms with E-state index >= 15 is 0 Å². The minimum atomic E-state index is 0.593. The largest absolute Gasteiger partial charge is 0.330 e. The molecule has 0 aromatic carbocycles. The standard InChI is InChI=1S/C14H23N3/c1-11-6-7-12(9-16-11)10-17-14-5-3-2-4-13(14)8-15/h6-7,9,13-14,17H,2-5,8,10,15H2,1H3. The Labute approximate surface area is 104 Å². The number of nitrogens with two attached hydrogens (primary N) is 1. The maximum Gasteiger partial charge on any atom is 0.0372 e. The van der Waals surface area contributed by atoms with Gasteiger partial charge in [-0.2, -0.15) is 0 Å². The number of hydrogen-bond donors (Lipinski definition) is 2. The van der Waals surface area contributed by atoms with E-state index in [9.17, 15) is 0 Å². The van der Waals surface area contributed by atoms with E-state index in [2.05, 4.69) is 22.4 Å². The summed E-state index contributed by atoms with van der Waals surface area (Å²) in [5, 5.41) is 3.64. The molecule has 0 amide bonds. The summed E-state index contributed by atoms with van der Waals surface area (Å²) < 4.78 is 0. The van der Waals surface area contributed by atoms with E-state index in [1.54, 1.807) is 0 Å². The lowest BCUT2D eigenvalue weighted by Gasteiger charge is -2.31. The van der Waals surface area contributed by atoms with E-state index in [1.165, 1.54) is 31.2 Å². The van der Waals surface area contributed by atoms with Crippen LogP contribution in [0.4, 0.5) is 0 Å². The van der Waals surface area contributed by atoms with E-state index < -0.39 is 0 Å². The van der Waals surface area contributed by atoms with Gasteiger partial charge in [-0.15, -0.1) is 0 Å². The fourth-order valence-corrected chi connectivity index (χ4v) is 2.61. The van der Waals surface area contributed by atoms with Gasteiger partial charge in [-0.3, -0.25) is 4.98 Å². The lowest BCUT2D eigenvalue weighted by atomic mass is 9.84. The van der Waals surface area contributed by atoms with Crippen LogP contribution in [0.25, 0.3) is 0 Å². The number of nitrogens with zero attached hydrogens (tertiary/aromatic N) is 1. The molecule has 2 rings (SSSR count). The number of nitrogens with one attached hydrogen (secondary N) is 1. The molecule has 0 saturated heterocycles. The lowest BCUT2D eigenvalue weighted by Crippen LogP contribution is -2.41. The van der Waals surface area contributed by atoms with Crippen LogP contribution in [0.3, 0.4) is 0 Å². The van der Waals surface area contributed by atoms with Gasteiger partial charge in [0.15, 0.2) is 0 Å². The molecule has 3 N–H and O–H groups in total. The average molecular weight is 233 g/mol. The highest BCUT2D eigenvalue weighted by Gasteiger charge is 2.23. The second-order valence-corrected chi connectivity index (χ2v) is 5.08. The molecule has 2 unspecified atom stereocenters. The molecule has 0 spiro atoms. The highest BCUT2D eigenvalue weighted by molar-refractivity contribution is 5.13. The Morgan fingerprint density at radius 2 is 2.18 bits per heavy atom. The second-order valence-electron chi connectivity index (χ2n) is 5.08. The molecular weight excluding hydrogens is 210 g/mol. The summed E-state index contributed by atoms with van der Waals surface area (Å²) in [6.07, 6.45) is 7.18. The normalized spacial score (nSPS) is 24.8. The molecule has 0 aliphatic heterocycles. The molecule has 1 aromatic heterocycles. The SMILES string of the molecule is Cc1ccc(CNC2CCCCC2CN)cn1. The number of pyridine rings is 1. The van der Waals surface area contributed by atoms with Gasteiger partial charge in [0.05, 0.1) is 0 Å². The Kier molecular flexibility index (Phi) is 4.51. The highest BCUT2D eigenvalue weighted by atomic mass is 14.9. The van der Waals surface area contributed by atoms with E-state index in [4.69, 9.17) is 5.73 Å². The summed E-state index contributed by atoms with van der Waals surface area (Å²) >= 11 is 0. The van der Waals surface area contributed by atoms with Crippen LogP contribution in [0.1, 0.15) is 36.9 Å². The summed E-state index contributed by atoms with van der Waals surface area (Å²) in [6.45, 7) is 3.74. The number of aromatic nitrogens is 1. The van der Waals surface area contributed by atoms with Crippen molar-refractivity contribution in [2.24, 2.45) is 11.7 Å². The van der Waals surface area contributed by atoms with E-state index in [1.807, 2.05) is 13.1 Å². The molecular formula is C14H23N3. The van der Waals surface area contributed by atoms with Crippen molar-refractivity contribution in [1.82, 2.24) is 10.3 Å². The van der Waals surface area contributed by atoms with Gasteiger partial charge in [0.25, 0.3) is 0 Å². The predicted molar refractivity (Wildman–Crippen MR) is 70.6 cm³/mol. The van der Waals surface area contributed by atoms with E-state index in [0.29, 0.717) is 12.0 Å². The zero-order chi connectivity index (χ0) is 12.1. The monoisotopic (exact) mass is 233 g/mol. The van der Waals surface area contributed by atoms with Gasteiger partial charge in [0, 0.05) is 24.5 Å². The molecule has 1 aliphatic rings. The van der Waals surface area contributed by atoms with Crippen molar-refractivity contribution in [2.45, 2.75) is 45.2 Å². The van der Waals surface area contributed by atoms with Crippen LogP contribution in [0.5, 0.6) is 0 Å². The molecule has 94 valence electrons. The van der Waals surface area contributed by atoms with Gasteiger partial charge in [0.2, 0.25) is 0 Å². The van der Waals surface area contributed by atoms with Crippen LogP contribution in [0, 0.1) is 12.8 Å². The minimum Gasteiger partial charge on any atom is -0.330 e. The molecule has 1 aliphatic carbocycles. The number of hydrogen-bond acceptors (Lipinski definition) is 3. The summed E-state index contributed by atoms with van der Waals surface area (Å²) in [7, 11) is 0. The Hall–Kier alpha value is -0.930. The van der Waals surface area contributed by atoms with Crippen molar-refractivity contribution in [1.29, 1.82) is 0 Å². The Morgan fingerprint density at radius 3 is 2.88 bits per heavy atom. The molecule has 3 nitrogen and oxygen atoms in total. The zero-order valence-corrected chi connectivity index (χ0v) is 10.7. The molecule has 3 heteroatoms. The predicted octanol–water partition coefficient (Wildman–Crippen LogP) is 2.00. The van der Waals surface area contributed by atoms with Crippen molar-refractivity contribution >= 4 is 0 Å². The number of rotatable bonds is 4. The molecule has 2 atom stereocenters. The molecule has 1 saturated carbocycles. The van der Waals surface area contributed by atoms with E-state index in [0.717, 1.165) is 18.8 Å². The first-order valence-electron chi connectivity index (χ1n) is 6.64. The first-order valence-corrected chi connectivity index (χ1v) is 6.64. The summed E-state index contributed by atoms with van der Waals surface area (Å²) in [5.74, 6) is 0.655. The minimum absolute atomic E-state index is 0.593. The molecule has 0 radical (unpaired) electrons. The zero-order valence-electron chi connectivity index (χ0n) is 10.7. The van der Waals surface area contributed by atoms with Gasteiger partial charge in [-0.05, 0) is 43.9 Å². The molecule has 1 aromatic rings. The average Bonchev–Trinajstić information content (AvgIpc) is 2.38. The third kappa shape index (κ3) is 3.51. The third-order valence-electron chi connectivity index (χ3n) is 3.75. The van der Waals surface area contributed by atoms with Crippen molar-refractivity contribution in [3.8, 4) is 0 Å². The lowest BCUT2D eigenvalue weighted by molar-refractivity contribution is 0.267. The summed E-state index contributed by atoms with van der Waals surface area (Å²) in [4.78, 5) is 4.32. The second kappa shape index (κ2) is 6.12. The van der Waals surface area contributed by atoms with Crippen LogP contribution < -0.4 is 11.1 Å². The summed E-state index contributed by atoms with van der Waals surface area (Å²) in [6, 6.07) is 4.81. The fraction of sp³-hybridized carbons (Fsp3) is 0.643. The first-order chi connectivity index (χ1) is 8.29. The maximum atomic E-state index is 5.83. The van der Waals surface area contributed by atoms with Crippen LogP contribution >= 0.6 is 0 Å². The van der Waals surface area contributed by atoms with Gasteiger partial charge < -0.3 is 11.1 Å². The molecule has 1 heterocycles. The van der Waals surface area contributed by atoms with E-state index in [-0.39, 0.29) is 0 Å². The molecule has 0 bridgehead atoms. The van der Waals surface area contributed by atoms with Gasteiger partial charge >= 0.3 is 0 Å². The Balaban J connectivity index is 1.86. The fourth-order valence-electron chi connectivity index (χ4n) is 2.61. The Morgan fingerprint density at radius 1 is 1.35 bits per heavy atom. The van der Waals surface area contributed by atoms with Crippen LogP contribution in [0.2, 0.25) is 0 Å². The van der Waals surface area contributed by atoms with Crippen LogP contribution in [-0.2, 0) is 6.54 Å². The third-order valence-corrected chi connectivity index (χ3v) is 3.75. The smallest absolute Gasteiger partial charge is 0.0372 e.